The zero-order chi connectivity index (χ0) is 18.6. The highest BCUT2D eigenvalue weighted by Gasteiger charge is 2.15. The summed E-state index contributed by atoms with van der Waals surface area (Å²) in [6, 6.07) is 18.9. The Bertz CT molecular complexity index is 898. The van der Waals surface area contributed by atoms with Crippen molar-refractivity contribution in [2.45, 2.75) is 32.9 Å². The van der Waals surface area contributed by atoms with Crippen LogP contribution in [0.25, 0.3) is 11.1 Å². The highest BCUT2D eigenvalue weighted by molar-refractivity contribution is 7.16. The van der Waals surface area contributed by atoms with Gasteiger partial charge in [-0.25, -0.2) is 0 Å². The van der Waals surface area contributed by atoms with Crippen molar-refractivity contribution in [3.8, 4) is 16.9 Å². The summed E-state index contributed by atoms with van der Waals surface area (Å²) in [5.41, 5.74) is 11.1. The van der Waals surface area contributed by atoms with Crippen molar-refractivity contribution in [2.24, 2.45) is 0 Å². The lowest BCUT2D eigenvalue weighted by atomic mass is 10.00. The summed E-state index contributed by atoms with van der Waals surface area (Å²) < 4.78 is 6.16. The van der Waals surface area contributed by atoms with Crippen LogP contribution in [-0.2, 0) is 13.2 Å². The van der Waals surface area contributed by atoms with Gasteiger partial charge in [-0.15, -0.1) is 11.3 Å². The highest BCUT2D eigenvalue weighted by atomic mass is 32.1. The molecule has 2 N–H and O–H groups in total. The molecule has 0 unspecified atom stereocenters. The zero-order valence-corrected chi connectivity index (χ0v) is 16.6. The Labute approximate surface area is 165 Å². The quantitative estimate of drug-likeness (QED) is 0.617. The number of hydrogen-bond acceptors (Lipinski definition) is 4. The van der Waals surface area contributed by atoms with E-state index in [9.17, 15) is 0 Å². The van der Waals surface area contributed by atoms with E-state index in [1.54, 1.807) is 11.3 Å². The van der Waals surface area contributed by atoms with Crippen molar-refractivity contribution in [1.29, 1.82) is 0 Å². The molecular weight excluding hydrogens is 352 g/mol. The Kier molecular flexibility index (Phi) is 5.46. The lowest BCUT2D eigenvalue weighted by Gasteiger charge is -2.13. The molecule has 3 nitrogen and oxygen atoms in total. The van der Waals surface area contributed by atoms with Crippen LogP contribution >= 0.6 is 11.3 Å². The van der Waals surface area contributed by atoms with E-state index in [-0.39, 0.29) is 0 Å². The molecule has 1 aromatic heterocycles. The van der Waals surface area contributed by atoms with E-state index in [2.05, 4.69) is 54.3 Å². The van der Waals surface area contributed by atoms with Gasteiger partial charge < -0.3 is 10.5 Å². The van der Waals surface area contributed by atoms with Gasteiger partial charge in [0.2, 0.25) is 0 Å². The van der Waals surface area contributed by atoms with Crippen molar-refractivity contribution in [3.63, 3.8) is 0 Å². The van der Waals surface area contributed by atoms with Crippen LogP contribution in [0, 0.1) is 6.92 Å². The van der Waals surface area contributed by atoms with Crippen LogP contribution < -0.4 is 10.5 Å². The van der Waals surface area contributed by atoms with Gasteiger partial charge >= 0.3 is 0 Å². The molecule has 0 aliphatic carbocycles. The van der Waals surface area contributed by atoms with E-state index >= 15 is 0 Å². The van der Waals surface area contributed by atoms with E-state index in [1.165, 1.54) is 53.1 Å². The van der Waals surface area contributed by atoms with Gasteiger partial charge in [-0.3, -0.25) is 4.90 Å². The first-order valence-corrected chi connectivity index (χ1v) is 10.4. The molecule has 0 bridgehead atoms. The molecule has 1 saturated heterocycles. The number of nitrogens with zero attached hydrogens (tertiary/aromatic N) is 1. The molecule has 1 aliphatic rings. The summed E-state index contributed by atoms with van der Waals surface area (Å²) in [4.78, 5) is 3.67. The molecule has 0 saturated carbocycles. The molecule has 0 radical (unpaired) electrons. The molecule has 2 aromatic carbocycles. The first-order chi connectivity index (χ1) is 13.2. The van der Waals surface area contributed by atoms with Crippen LogP contribution in [0.3, 0.4) is 0 Å². The summed E-state index contributed by atoms with van der Waals surface area (Å²) in [6.45, 7) is 6.03. The third kappa shape index (κ3) is 4.18. The Morgan fingerprint density at radius 2 is 1.81 bits per heavy atom. The van der Waals surface area contributed by atoms with Crippen molar-refractivity contribution in [3.05, 3.63) is 70.6 Å². The molecule has 1 fully saturated rings. The van der Waals surface area contributed by atoms with Crippen LogP contribution in [-0.4, -0.2) is 18.0 Å². The van der Waals surface area contributed by atoms with Crippen molar-refractivity contribution in [1.82, 2.24) is 4.90 Å². The number of nitrogens with two attached hydrogens (primary N) is 1. The van der Waals surface area contributed by atoms with E-state index in [0.29, 0.717) is 6.61 Å². The lowest BCUT2D eigenvalue weighted by Crippen LogP contribution is -2.18. The average molecular weight is 379 g/mol. The molecule has 4 heteroatoms. The van der Waals surface area contributed by atoms with E-state index in [1.807, 2.05) is 12.1 Å². The zero-order valence-electron chi connectivity index (χ0n) is 15.8. The van der Waals surface area contributed by atoms with Crippen LogP contribution in [0.4, 0.5) is 5.00 Å². The SMILES string of the molecule is Cc1c(OCc2cc(CN3CCCC3)c(N)s2)cccc1-c1ccccc1. The first kappa shape index (κ1) is 18.1. The second-order valence-corrected chi connectivity index (χ2v) is 8.34. The van der Waals surface area contributed by atoms with E-state index in [0.717, 1.165) is 17.3 Å². The van der Waals surface area contributed by atoms with Gasteiger partial charge in [0.15, 0.2) is 0 Å². The number of nitrogen functional groups attached to an aromatic ring is 1. The highest BCUT2D eigenvalue weighted by Crippen LogP contribution is 2.32. The summed E-state index contributed by atoms with van der Waals surface area (Å²) in [7, 11) is 0. The minimum absolute atomic E-state index is 0.563. The second kappa shape index (κ2) is 8.15. The maximum atomic E-state index is 6.25. The van der Waals surface area contributed by atoms with Crippen LogP contribution in [0.15, 0.2) is 54.6 Å². The van der Waals surface area contributed by atoms with Crippen LogP contribution in [0.5, 0.6) is 5.75 Å². The standard InChI is InChI=1S/C23H26N2OS/c1-17-21(18-8-3-2-4-9-18)10-7-11-22(17)26-16-20-14-19(23(24)27-20)15-25-12-5-6-13-25/h2-4,7-11,14H,5-6,12-13,15-16,24H2,1H3. The first-order valence-electron chi connectivity index (χ1n) is 9.58. The molecule has 27 heavy (non-hydrogen) atoms. The Morgan fingerprint density at radius 1 is 1.04 bits per heavy atom. The normalized spacial score (nSPS) is 14.6. The number of rotatable bonds is 6. The number of benzene rings is 2. The molecule has 1 aliphatic heterocycles. The van der Waals surface area contributed by atoms with E-state index in [4.69, 9.17) is 10.5 Å². The average Bonchev–Trinajstić information content (AvgIpc) is 3.32. The summed E-state index contributed by atoms with van der Waals surface area (Å²) in [5, 5.41) is 0.926. The second-order valence-electron chi connectivity index (χ2n) is 7.17. The maximum Gasteiger partial charge on any atom is 0.123 e. The Balaban J connectivity index is 1.46. The van der Waals surface area contributed by atoms with Gasteiger partial charge in [0.05, 0.1) is 5.00 Å². The predicted molar refractivity (Wildman–Crippen MR) is 114 cm³/mol. The molecule has 2 heterocycles. The third-order valence-electron chi connectivity index (χ3n) is 5.22. The lowest BCUT2D eigenvalue weighted by molar-refractivity contribution is 0.307. The van der Waals surface area contributed by atoms with Gasteiger partial charge in [-0.05, 0) is 61.7 Å². The van der Waals surface area contributed by atoms with Crippen LogP contribution in [0.1, 0.15) is 28.8 Å². The van der Waals surface area contributed by atoms with Gasteiger partial charge in [0, 0.05) is 17.0 Å². The smallest absolute Gasteiger partial charge is 0.123 e. The molecule has 140 valence electrons. The monoisotopic (exact) mass is 378 g/mol. The largest absolute Gasteiger partial charge is 0.488 e. The van der Waals surface area contributed by atoms with Gasteiger partial charge in [-0.1, -0.05) is 42.5 Å². The Hall–Kier alpha value is -2.30. The number of ether oxygens (including phenoxy) is 1. The van der Waals surface area contributed by atoms with Crippen molar-refractivity contribution < 1.29 is 4.74 Å². The summed E-state index contributed by atoms with van der Waals surface area (Å²) in [6.07, 6.45) is 2.61. The number of anilines is 1. The minimum atomic E-state index is 0.563. The Morgan fingerprint density at radius 3 is 2.59 bits per heavy atom. The molecule has 0 atom stereocenters. The third-order valence-corrected chi connectivity index (χ3v) is 6.20. The van der Waals surface area contributed by atoms with Gasteiger partial charge in [0.1, 0.15) is 12.4 Å². The van der Waals surface area contributed by atoms with E-state index < -0.39 is 0 Å². The fourth-order valence-corrected chi connectivity index (χ4v) is 4.58. The fraction of sp³-hybridized carbons (Fsp3) is 0.304. The number of hydrogen-bond donors (Lipinski definition) is 1. The van der Waals surface area contributed by atoms with Crippen molar-refractivity contribution in [2.75, 3.05) is 18.8 Å². The summed E-state index contributed by atoms with van der Waals surface area (Å²) >= 11 is 1.65. The summed E-state index contributed by atoms with van der Waals surface area (Å²) in [5.74, 6) is 0.935. The van der Waals surface area contributed by atoms with Crippen LogP contribution in [0.2, 0.25) is 0 Å². The maximum absolute atomic E-state index is 6.25. The minimum Gasteiger partial charge on any atom is -0.488 e. The molecular formula is C23H26N2OS. The molecule has 0 amide bonds. The van der Waals surface area contributed by atoms with Crippen molar-refractivity contribution >= 4 is 16.3 Å². The topological polar surface area (TPSA) is 38.5 Å². The molecule has 4 rings (SSSR count). The van der Waals surface area contributed by atoms with Gasteiger partial charge in [-0.2, -0.15) is 0 Å². The van der Waals surface area contributed by atoms with Gasteiger partial charge in [0.25, 0.3) is 0 Å². The molecule has 0 spiro atoms. The molecule has 3 aromatic rings. The fourth-order valence-electron chi connectivity index (χ4n) is 3.73. The number of thiophene rings is 1. The predicted octanol–water partition coefficient (Wildman–Crippen LogP) is 5.48. The number of likely N-dealkylation sites (tertiary alicyclic amines) is 1.